The Morgan fingerprint density at radius 2 is 1.85 bits per heavy atom. The largest absolute Gasteiger partial charge is 0.367 e. The molecule has 1 heterocycles. The number of halogens is 1. The summed E-state index contributed by atoms with van der Waals surface area (Å²) >= 11 is 0. The topological polar surface area (TPSA) is 29.3 Å². The molecule has 3 rings (SSSR count). The molecule has 0 atom stereocenters. The van der Waals surface area contributed by atoms with Crippen molar-refractivity contribution in [3.05, 3.63) is 65.0 Å². The van der Waals surface area contributed by atoms with Gasteiger partial charge in [0.1, 0.15) is 5.82 Å². The Morgan fingerprint density at radius 3 is 2.65 bits per heavy atom. The van der Waals surface area contributed by atoms with Gasteiger partial charge in [-0.05, 0) is 42.6 Å². The van der Waals surface area contributed by atoms with Gasteiger partial charge in [0.15, 0.2) is 0 Å². The van der Waals surface area contributed by atoms with Crippen LogP contribution in [0.2, 0.25) is 0 Å². The van der Waals surface area contributed by atoms with Crippen molar-refractivity contribution in [3.8, 4) is 0 Å². The van der Waals surface area contributed by atoms with Crippen LogP contribution in [0.3, 0.4) is 0 Å². The summed E-state index contributed by atoms with van der Waals surface area (Å²) in [7, 11) is 0. The lowest BCUT2D eigenvalue weighted by Crippen LogP contribution is -2.31. The third kappa shape index (κ3) is 2.41. The Bertz CT molecular complexity index is 610. The second-order valence-corrected chi connectivity index (χ2v) is 5.22. The molecule has 0 fully saturated rings. The van der Waals surface area contributed by atoms with Crippen LogP contribution < -0.4 is 10.6 Å². The lowest BCUT2D eigenvalue weighted by molar-refractivity contribution is 0.605. The Morgan fingerprint density at radius 1 is 1.05 bits per heavy atom. The van der Waals surface area contributed by atoms with Gasteiger partial charge in [-0.3, -0.25) is 0 Å². The fourth-order valence-corrected chi connectivity index (χ4v) is 2.94. The predicted octanol–water partition coefficient (Wildman–Crippen LogP) is 2.89. The number of nitrogens with zero attached hydrogens (tertiary/aromatic N) is 1. The van der Waals surface area contributed by atoms with E-state index in [1.165, 1.54) is 17.2 Å². The first kappa shape index (κ1) is 13.1. The maximum Gasteiger partial charge on any atom is 0.128 e. The van der Waals surface area contributed by atoms with Crippen molar-refractivity contribution in [2.24, 2.45) is 5.73 Å². The fraction of sp³-hybridized carbons (Fsp3) is 0.294. The van der Waals surface area contributed by atoms with Gasteiger partial charge in [0, 0.05) is 24.3 Å². The lowest BCUT2D eigenvalue weighted by atomic mass is 9.98. The standard InChI is InChI=1S/C17H19FN2/c18-16-6-3-7-17(15(16)8-10-19)20-11-9-13-4-1-2-5-14(13)12-20/h1-7H,8-12,19H2. The van der Waals surface area contributed by atoms with Gasteiger partial charge < -0.3 is 10.6 Å². The first-order valence-electron chi connectivity index (χ1n) is 7.09. The van der Waals surface area contributed by atoms with Crippen LogP contribution in [0, 0.1) is 5.82 Å². The van der Waals surface area contributed by atoms with Crippen molar-refractivity contribution in [1.82, 2.24) is 0 Å². The second kappa shape index (κ2) is 5.63. The van der Waals surface area contributed by atoms with Crippen LogP contribution in [0.25, 0.3) is 0 Å². The number of hydrogen-bond acceptors (Lipinski definition) is 2. The second-order valence-electron chi connectivity index (χ2n) is 5.22. The number of anilines is 1. The zero-order valence-electron chi connectivity index (χ0n) is 11.5. The zero-order chi connectivity index (χ0) is 13.9. The van der Waals surface area contributed by atoms with Crippen LogP contribution in [-0.4, -0.2) is 13.1 Å². The first-order chi connectivity index (χ1) is 9.79. The molecule has 0 bridgehead atoms. The van der Waals surface area contributed by atoms with Crippen molar-refractivity contribution in [2.75, 3.05) is 18.0 Å². The first-order valence-corrected chi connectivity index (χ1v) is 7.09. The highest BCUT2D eigenvalue weighted by Crippen LogP contribution is 2.28. The number of fused-ring (bicyclic) bond motifs is 1. The third-order valence-electron chi connectivity index (χ3n) is 3.96. The fourth-order valence-electron chi connectivity index (χ4n) is 2.94. The summed E-state index contributed by atoms with van der Waals surface area (Å²) in [6.45, 7) is 2.24. The van der Waals surface area contributed by atoms with Gasteiger partial charge in [0.25, 0.3) is 0 Å². The summed E-state index contributed by atoms with van der Waals surface area (Å²) in [4.78, 5) is 2.26. The van der Waals surface area contributed by atoms with Crippen molar-refractivity contribution in [1.29, 1.82) is 0 Å². The Kier molecular flexibility index (Phi) is 3.70. The number of nitrogens with two attached hydrogens (primary N) is 1. The average Bonchev–Trinajstić information content (AvgIpc) is 2.49. The zero-order valence-corrected chi connectivity index (χ0v) is 11.5. The van der Waals surface area contributed by atoms with Gasteiger partial charge in [0.05, 0.1) is 0 Å². The van der Waals surface area contributed by atoms with Crippen LogP contribution in [0.4, 0.5) is 10.1 Å². The molecule has 1 aliphatic heterocycles. The van der Waals surface area contributed by atoms with Crippen molar-refractivity contribution in [3.63, 3.8) is 0 Å². The number of hydrogen-bond donors (Lipinski definition) is 1. The molecule has 20 heavy (non-hydrogen) atoms. The van der Waals surface area contributed by atoms with Gasteiger partial charge >= 0.3 is 0 Å². The molecular weight excluding hydrogens is 251 g/mol. The molecule has 0 unspecified atom stereocenters. The van der Waals surface area contributed by atoms with Gasteiger partial charge in [-0.25, -0.2) is 4.39 Å². The minimum atomic E-state index is -0.146. The molecule has 0 saturated heterocycles. The van der Waals surface area contributed by atoms with Gasteiger partial charge in [-0.2, -0.15) is 0 Å². The lowest BCUT2D eigenvalue weighted by Gasteiger charge is -2.32. The Balaban J connectivity index is 1.93. The van der Waals surface area contributed by atoms with E-state index >= 15 is 0 Å². The molecule has 0 aromatic heterocycles. The van der Waals surface area contributed by atoms with Crippen molar-refractivity contribution < 1.29 is 4.39 Å². The molecule has 2 aromatic carbocycles. The molecule has 2 N–H and O–H groups in total. The van der Waals surface area contributed by atoms with Crippen LogP contribution in [-0.2, 0) is 19.4 Å². The monoisotopic (exact) mass is 270 g/mol. The minimum Gasteiger partial charge on any atom is -0.367 e. The minimum absolute atomic E-state index is 0.146. The summed E-state index contributed by atoms with van der Waals surface area (Å²) in [5.74, 6) is -0.146. The van der Waals surface area contributed by atoms with Crippen molar-refractivity contribution in [2.45, 2.75) is 19.4 Å². The van der Waals surface area contributed by atoms with E-state index in [2.05, 4.69) is 29.2 Å². The highest BCUT2D eigenvalue weighted by Gasteiger charge is 2.19. The molecule has 2 aromatic rings. The summed E-state index contributed by atoms with van der Waals surface area (Å²) in [5, 5.41) is 0. The van der Waals surface area contributed by atoms with Crippen LogP contribution >= 0.6 is 0 Å². The Hall–Kier alpha value is -1.87. The highest BCUT2D eigenvalue weighted by molar-refractivity contribution is 5.56. The van der Waals surface area contributed by atoms with Crippen LogP contribution in [0.1, 0.15) is 16.7 Å². The summed E-state index contributed by atoms with van der Waals surface area (Å²) in [5.41, 5.74) is 10.1. The van der Waals surface area contributed by atoms with E-state index in [-0.39, 0.29) is 5.82 Å². The van der Waals surface area contributed by atoms with E-state index in [9.17, 15) is 4.39 Å². The molecule has 1 aliphatic rings. The molecular formula is C17H19FN2. The van der Waals surface area contributed by atoms with Gasteiger partial charge in [-0.1, -0.05) is 30.3 Å². The highest BCUT2D eigenvalue weighted by atomic mass is 19.1. The average molecular weight is 270 g/mol. The normalized spacial score (nSPS) is 14.2. The van der Waals surface area contributed by atoms with E-state index in [1.807, 2.05) is 6.07 Å². The maximum absolute atomic E-state index is 14.0. The SMILES string of the molecule is NCCc1c(F)cccc1N1CCc2ccccc2C1. The predicted molar refractivity (Wildman–Crippen MR) is 80.4 cm³/mol. The van der Waals surface area contributed by atoms with Gasteiger partial charge in [0.2, 0.25) is 0 Å². The quantitative estimate of drug-likeness (QED) is 0.929. The summed E-state index contributed by atoms with van der Waals surface area (Å²) in [6, 6.07) is 13.8. The van der Waals surface area contributed by atoms with Crippen molar-refractivity contribution >= 4 is 5.69 Å². The van der Waals surface area contributed by atoms with Crippen LogP contribution in [0.15, 0.2) is 42.5 Å². The number of rotatable bonds is 3. The molecule has 2 nitrogen and oxygen atoms in total. The molecule has 3 heteroatoms. The Labute approximate surface area is 119 Å². The third-order valence-corrected chi connectivity index (χ3v) is 3.96. The maximum atomic E-state index is 14.0. The molecule has 0 amide bonds. The van der Waals surface area contributed by atoms with E-state index < -0.39 is 0 Å². The van der Waals surface area contributed by atoms with Crippen LogP contribution in [0.5, 0.6) is 0 Å². The number of benzene rings is 2. The molecule has 0 spiro atoms. The summed E-state index contributed by atoms with van der Waals surface area (Å²) in [6.07, 6.45) is 1.59. The van der Waals surface area contributed by atoms with E-state index in [4.69, 9.17) is 5.73 Å². The van der Waals surface area contributed by atoms with E-state index in [1.54, 1.807) is 6.07 Å². The van der Waals surface area contributed by atoms with E-state index in [0.29, 0.717) is 13.0 Å². The molecule has 0 aliphatic carbocycles. The molecule has 0 radical (unpaired) electrons. The smallest absolute Gasteiger partial charge is 0.128 e. The van der Waals surface area contributed by atoms with Gasteiger partial charge in [-0.15, -0.1) is 0 Å². The van der Waals surface area contributed by atoms with E-state index in [0.717, 1.165) is 30.8 Å². The molecule has 0 saturated carbocycles. The molecule has 104 valence electrons. The summed E-state index contributed by atoms with van der Waals surface area (Å²) < 4.78 is 14.0.